The van der Waals surface area contributed by atoms with Gasteiger partial charge in [0.1, 0.15) is 0 Å². The molecule has 1 amide bonds. The number of nitrogens with zero attached hydrogens (tertiary/aromatic N) is 2. The Labute approximate surface area is 186 Å². The summed E-state index contributed by atoms with van der Waals surface area (Å²) < 4.78 is 5.38. The summed E-state index contributed by atoms with van der Waals surface area (Å²) in [4.78, 5) is 17.7. The minimum absolute atomic E-state index is 0.0555. The molecule has 0 aliphatic rings. The van der Waals surface area contributed by atoms with Gasteiger partial charge in [-0.15, -0.1) is 0 Å². The Morgan fingerprint density at radius 2 is 1.88 bits per heavy atom. The molecule has 6 nitrogen and oxygen atoms in total. The number of ether oxygens (including phenoxy) is 1. The van der Waals surface area contributed by atoms with E-state index in [9.17, 15) is 9.90 Å². The van der Waals surface area contributed by atoms with Gasteiger partial charge >= 0.3 is 0 Å². The van der Waals surface area contributed by atoms with E-state index < -0.39 is 0 Å². The van der Waals surface area contributed by atoms with Crippen molar-refractivity contribution in [3.8, 4) is 22.8 Å². The van der Waals surface area contributed by atoms with Crippen molar-refractivity contribution in [2.24, 2.45) is 5.10 Å². The molecule has 0 saturated heterocycles. The number of para-hydroxylation sites is 1. The average molecular weight is 425 g/mol. The Hall–Kier alpha value is -4.19. The molecule has 4 rings (SSSR count). The fraction of sp³-hybridized carbons (Fsp3) is 0.115. The van der Waals surface area contributed by atoms with Crippen molar-refractivity contribution in [2.45, 2.75) is 13.8 Å². The molecule has 32 heavy (non-hydrogen) atoms. The zero-order chi connectivity index (χ0) is 22.5. The van der Waals surface area contributed by atoms with Crippen LogP contribution in [0.5, 0.6) is 11.5 Å². The summed E-state index contributed by atoms with van der Waals surface area (Å²) in [6.45, 7) is 4.30. The van der Waals surface area contributed by atoms with Crippen molar-refractivity contribution in [1.82, 2.24) is 10.4 Å². The maximum absolute atomic E-state index is 13.0. The van der Waals surface area contributed by atoms with Gasteiger partial charge in [-0.25, -0.2) is 10.4 Å². The van der Waals surface area contributed by atoms with Gasteiger partial charge in [0.15, 0.2) is 11.5 Å². The number of aromatic nitrogens is 1. The van der Waals surface area contributed by atoms with Crippen LogP contribution < -0.4 is 10.2 Å². The second-order valence-electron chi connectivity index (χ2n) is 7.30. The van der Waals surface area contributed by atoms with Crippen LogP contribution in [-0.4, -0.2) is 28.8 Å². The second-order valence-corrected chi connectivity index (χ2v) is 7.30. The number of benzene rings is 3. The summed E-state index contributed by atoms with van der Waals surface area (Å²) in [6.07, 6.45) is 1.50. The van der Waals surface area contributed by atoms with Gasteiger partial charge in [0.2, 0.25) is 0 Å². The van der Waals surface area contributed by atoms with Crippen LogP contribution in [0.25, 0.3) is 22.2 Å². The Kier molecular flexibility index (Phi) is 6.12. The van der Waals surface area contributed by atoms with Gasteiger partial charge in [0.25, 0.3) is 5.91 Å². The standard InChI is InChI=1S/C26H23N3O3/c1-3-32-25-14-18(10-13-24(25)30)16-27-29-26(31)21-15-23(19-11-8-17(2)9-12-19)28-22-7-5-4-6-20(21)22/h4-16,30H,3H2,1-2H3,(H,29,31). The van der Waals surface area contributed by atoms with E-state index in [2.05, 4.69) is 10.5 Å². The molecule has 0 atom stereocenters. The molecule has 1 heterocycles. The fourth-order valence-electron chi connectivity index (χ4n) is 3.34. The van der Waals surface area contributed by atoms with E-state index in [0.29, 0.717) is 23.5 Å². The van der Waals surface area contributed by atoms with Gasteiger partial charge in [-0.2, -0.15) is 5.10 Å². The van der Waals surface area contributed by atoms with Crippen molar-refractivity contribution in [3.05, 3.63) is 89.5 Å². The highest BCUT2D eigenvalue weighted by molar-refractivity contribution is 6.07. The normalized spacial score (nSPS) is 11.1. The molecule has 160 valence electrons. The number of hydrogen-bond acceptors (Lipinski definition) is 5. The molecule has 1 aromatic heterocycles. The lowest BCUT2D eigenvalue weighted by molar-refractivity contribution is 0.0956. The lowest BCUT2D eigenvalue weighted by Gasteiger charge is -2.09. The second kappa shape index (κ2) is 9.31. The van der Waals surface area contributed by atoms with Gasteiger partial charge < -0.3 is 9.84 Å². The van der Waals surface area contributed by atoms with Crippen LogP contribution in [0.2, 0.25) is 0 Å². The Bertz CT molecular complexity index is 1300. The zero-order valence-electron chi connectivity index (χ0n) is 17.9. The molecule has 4 aromatic rings. The van der Waals surface area contributed by atoms with E-state index in [1.165, 1.54) is 12.3 Å². The van der Waals surface area contributed by atoms with Crippen LogP contribution >= 0.6 is 0 Å². The van der Waals surface area contributed by atoms with Crippen molar-refractivity contribution in [2.75, 3.05) is 6.61 Å². The SMILES string of the molecule is CCOc1cc(C=NNC(=O)c2cc(-c3ccc(C)cc3)nc3ccccc23)ccc1O. The number of aryl methyl sites for hydroxylation is 1. The van der Waals surface area contributed by atoms with Gasteiger partial charge in [-0.1, -0.05) is 48.0 Å². The number of pyridine rings is 1. The van der Waals surface area contributed by atoms with E-state index in [-0.39, 0.29) is 11.7 Å². The Balaban J connectivity index is 1.62. The molecular weight excluding hydrogens is 402 g/mol. The maximum Gasteiger partial charge on any atom is 0.272 e. The number of rotatable bonds is 6. The summed E-state index contributed by atoms with van der Waals surface area (Å²) in [5.74, 6) is 0.0857. The third-order valence-electron chi connectivity index (χ3n) is 4.97. The third-order valence-corrected chi connectivity index (χ3v) is 4.97. The lowest BCUT2D eigenvalue weighted by atomic mass is 10.0. The van der Waals surface area contributed by atoms with E-state index in [1.807, 2.05) is 62.4 Å². The lowest BCUT2D eigenvalue weighted by Crippen LogP contribution is -2.18. The van der Waals surface area contributed by atoms with Crippen LogP contribution in [-0.2, 0) is 0 Å². The van der Waals surface area contributed by atoms with Crippen LogP contribution in [0.3, 0.4) is 0 Å². The molecule has 0 fully saturated rings. The number of hydrazone groups is 1. The maximum atomic E-state index is 13.0. The fourth-order valence-corrected chi connectivity index (χ4v) is 3.34. The molecule has 0 aliphatic heterocycles. The summed E-state index contributed by atoms with van der Waals surface area (Å²) in [7, 11) is 0. The van der Waals surface area contributed by atoms with E-state index >= 15 is 0 Å². The molecule has 3 aromatic carbocycles. The summed E-state index contributed by atoms with van der Waals surface area (Å²) in [6, 6.07) is 22.2. The first kappa shape index (κ1) is 21.1. The summed E-state index contributed by atoms with van der Waals surface area (Å²) >= 11 is 0. The van der Waals surface area contributed by atoms with Crippen molar-refractivity contribution < 1.29 is 14.6 Å². The minimum atomic E-state index is -0.336. The third kappa shape index (κ3) is 4.59. The van der Waals surface area contributed by atoms with E-state index in [1.54, 1.807) is 18.2 Å². The Morgan fingerprint density at radius 1 is 1.09 bits per heavy atom. The van der Waals surface area contributed by atoms with E-state index in [0.717, 1.165) is 27.7 Å². The smallest absolute Gasteiger partial charge is 0.272 e. The zero-order valence-corrected chi connectivity index (χ0v) is 17.9. The monoisotopic (exact) mass is 425 g/mol. The number of phenols is 1. The molecule has 0 saturated carbocycles. The van der Waals surface area contributed by atoms with Crippen molar-refractivity contribution in [1.29, 1.82) is 0 Å². The average Bonchev–Trinajstić information content (AvgIpc) is 2.81. The van der Waals surface area contributed by atoms with Gasteiger partial charge in [0, 0.05) is 10.9 Å². The molecular formula is C26H23N3O3. The number of hydrogen-bond donors (Lipinski definition) is 2. The van der Waals surface area contributed by atoms with Crippen molar-refractivity contribution >= 4 is 23.0 Å². The number of nitrogens with one attached hydrogen (secondary N) is 1. The van der Waals surface area contributed by atoms with Crippen LogP contribution in [0.15, 0.2) is 77.9 Å². The number of carbonyl (C=O) groups excluding carboxylic acids is 1. The predicted octanol–water partition coefficient (Wildman–Crippen LogP) is 5.08. The van der Waals surface area contributed by atoms with Crippen LogP contribution in [0.1, 0.15) is 28.4 Å². The molecule has 0 radical (unpaired) electrons. The molecule has 0 bridgehead atoms. The van der Waals surface area contributed by atoms with Crippen molar-refractivity contribution in [3.63, 3.8) is 0 Å². The number of phenolic OH excluding ortho intramolecular Hbond substituents is 1. The van der Waals surface area contributed by atoms with E-state index in [4.69, 9.17) is 9.72 Å². The topological polar surface area (TPSA) is 83.8 Å². The number of aromatic hydroxyl groups is 1. The summed E-state index contributed by atoms with van der Waals surface area (Å²) in [5, 5.41) is 14.7. The molecule has 0 aliphatic carbocycles. The molecule has 6 heteroatoms. The number of amides is 1. The predicted molar refractivity (Wildman–Crippen MR) is 126 cm³/mol. The van der Waals surface area contributed by atoms with Crippen LogP contribution in [0, 0.1) is 6.92 Å². The highest BCUT2D eigenvalue weighted by atomic mass is 16.5. The molecule has 0 spiro atoms. The first-order chi connectivity index (χ1) is 15.5. The Morgan fingerprint density at radius 3 is 2.66 bits per heavy atom. The summed E-state index contributed by atoms with van der Waals surface area (Å²) in [5.41, 5.74) is 7.32. The minimum Gasteiger partial charge on any atom is -0.504 e. The number of fused-ring (bicyclic) bond motifs is 1. The van der Waals surface area contributed by atoms with Crippen LogP contribution in [0.4, 0.5) is 0 Å². The molecule has 0 unspecified atom stereocenters. The quantitative estimate of drug-likeness (QED) is 0.333. The van der Waals surface area contributed by atoms with Gasteiger partial charge in [-0.05, 0) is 49.7 Å². The molecule has 2 N–H and O–H groups in total. The number of carbonyl (C=O) groups is 1. The van der Waals surface area contributed by atoms with Gasteiger partial charge in [-0.3, -0.25) is 4.79 Å². The largest absolute Gasteiger partial charge is 0.504 e. The van der Waals surface area contributed by atoms with Gasteiger partial charge in [0.05, 0.1) is 29.6 Å². The first-order valence-electron chi connectivity index (χ1n) is 10.3. The highest BCUT2D eigenvalue weighted by Crippen LogP contribution is 2.27. The first-order valence-corrected chi connectivity index (χ1v) is 10.3. The highest BCUT2D eigenvalue weighted by Gasteiger charge is 2.13.